The van der Waals surface area contributed by atoms with Crippen LogP contribution in [0.4, 0.5) is 29.3 Å². The number of ether oxygens (including phenoxy) is 1. The third-order valence-corrected chi connectivity index (χ3v) is 6.05. The highest BCUT2D eigenvalue weighted by Crippen LogP contribution is 2.30. The molecule has 11 nitrogen and oxygen atoms in total. The largest absolute Gasteiger partial charge is 0.378 e. The maximum Gasteiger partial charge on any atom is 0.261 e. The summed E-state index contributed by atoms with van der Waals surface area (Å²) in [5.41, 5.74) is 8.40. The average molecular weight is 508 g/mol. The number of alkyl halides is 4. The lowest BCUT2D eigenvalue weighted by Gasteiger charge is -2.34. The van der Waals surface area contributed by atoms with Crippen LogP contribution in [0.3, 0.4) is 0 Å². The Morgan fingerprint density at radius 2 is 2.03 bits per heavy atom. The second-order valence-electron chi connectivity index (χ2n) is 8.56. The summed E-state index contributed by atoms with van der Waals surface area (Å²) < 4.78 is 58.3. The van der Waals surface area contributed by atoms with Crippen LogP contribution in [0.1, 0.15) is 6.42 Å². The van der Waals surface area contributed by atoms with Crippen LogP contribution in [0, 0.1) is 0 Å². The molecule has 0 spiro atoms. The summed E-state index contributed by atoms with van der Waals surface area (Å²) >= 11 is 0. The van der Waals surface area contributed by atoms with E-state index in [0.29, 0.717) is 48.0 Å². The number of nitrogens with one attached hydrogen (secondary N) is 1. The van der Waals surface area contributed by atoms with Gasteiger partial charge in [0.1, 0.15) is 17.6 Å². The van der Waals surface area contributed by atoms with E-state index < -0.39 is 18.9 Å². The smallest absolute Gasteiger partial charge is 0.261 e. The number of likely N-dealkylation sites (tertiary alicyclic amines) is 1. The van der Waals surface area contributed by atoms with Gasteiger partial charge in [-0.1, -0.05) is 5.21 Å². The van der Waals surface area contributed by atoms with Crippen LogP contribution in [0.5, 0.6) is 0 Å². The summed E-state index contributed by atoms with van der Waals surface area (Å²) in [7, 11) is 1.72. The molecule has 4 aromatic rings. The molecule has 6 heterocycles. The van der Waals surface area contributed by atoms with E-state index >= 15 is 0 Å². The molecule has 36 heavy (non-hydrogen) atoms. The average Bonchev–Trinajstić information content (AvgIpc) is 3.49. The van der Waals surface area contributed by atoms with Crippen LogP contribution in [-0.4, -0.2) is 91.2 Å². The Labute approximate surface area is 202 Å². The lowest BCUT2D eigenvalue weighted by Crippen LogP contribution is -2.48. The fraction of sp³-hybridized carbons (Fsp3) is 0.476. The van der Waals surface area contributed by atoms with Crippen LogP contribution in [0.15, 0.2) is 24.4 Å². The lowest BCUT2D eigenvalue weighted by atomic mass is 10.2. The molecule has 0 bridgehead atoms. The third kappa shape index (κ3) is 4.75. The van der Waals surface area contributed by atoms with Crippen molar-refractivity contribution in [1.29, 1.82) is 0 Å². The van der Waals surface area contributed by atoms with Crippen molar-refractivity contribution in [2.45, 2.75) is 31.4 Å². The molecule has 15 heteroatoms. The van der Waals surface area contributed by atoms with Crippen molar-refractivity contribution >= 4 is 28.4 Å². The highest BCUT2D eigenvalue weighted by Gasteiger charge is 2.42. The first-order valence-electron chi connectivity index (χ1n) is 11.2. The molecule has 192 valence electrons. The fourth-order valence-electron chi connectivity index (χ4n) is 4.19. The number of hydrogen-bond donors (Lipinski definition) is 2. The normalized spacial score (nSPS) is 17.9. The number of fused-ring (bicyclic) bond motifs is 2. The molecule has 0 amide bonds. The van der Waals surface area contributed by atoms with Gasteiger partial charge in [-0.2, -0.15) is 4.98 Å². The minimum atomic E-state index is -2.54. The van der Waals surface area contributed by atoms with Gasteiger partial charge in [0.25, 0.3) is 12.3 Å². The maximum atomic E-state index is 12.7. The number of aromatic nitrogens is 7. The number of anilines is 2. The Balaban J connectivity index is 0.000000202. The first-order valence-corrected chi connectivity index (χ1v) is 11.2. The molecule has 0 saturated carbocycles. The molecule has 4 aromatic heterocycles. The number of pyridine rings is 1. The van der Waals surface area contributed by atoms with E-state index in [4.69, 9.17) is 10.5 Å². The minimum absolute atomic E-state index is 0.0174. The molecular weight excluding hydrogens is 484 g/mol. The standard InChI is InChI=1S/C14H13F2N9.C7H11F2NO/c1-18-12-11-7(4-5-24(11)22-14(17)20-12)8-2-3-9-13(19-8)25(23-21-9)6-10(15)16;8-7(9)1-2-10(5-7)6-3-11-4-6/h2-5,10H,6H2,1H3,(H3,17,18,20,22);6H,1-5H2. The topological polar surface area (TPSA) is 124 Å². The number of nitrogens with zero attached hydrogens (tertiary/aromatic N) is 8. The zero-order valence-corrected chi connectivity index (χ0v) is 19.3. The van der Waals surface area contributed by atoms with E-state index in [-0.39, 0.29) is 25.0 Å². The Hall–Kier alpha value is -3.59. The molecule has 2 saturated heterocycles. The van der Waals surface area contributed by atoms with Gasteiger partial charge >= 0.3 is 0 Å². The summed E-state index contributed by atoms with van der Waals surface area (Å²) in [6.45, 7) is 1.17. The monoisotopic (exact) mass is 508 g/mol. The molecule has 2 aliphatic heterocycles. The SMILES string of the molecule is CNc1nc(N)nn2ccc(-c3ccc4nnn(CC(F)F)c4n3)c12.FC1(F)CCN(C2COC2)C1. The van der Waals surface area contributed by atoms with Crippen LogP contribution in [0.2, 0.25) is 0 Å². The molecule has 2 aliphatic rings. The van der Waals surface area contributed by atoms with Gasteiger partial charge in [-0.3, -0.25) is 4.90 Å². The van der Waals surface area contributed by atoms with Gasteiger partial charge in [0.05, 0.1) is 31.5 Å². The van der Waals surface area contributed by atoms with Gasteiger partial charge in [-0.15, -0.1) is 10.2 Å². The van der Waals surface area contributed by atoms with Gasteiger partial charge in [0.15, 0.2) is 11.5 Å². The zero-order chi connectivity index (χ0) is 25.4. The predicted molar refractivity (Wildman–Crippen MR) is 123 cm³/mol. The second-order valence-corrected chi connectivity index (χ2v) is 8.56. The Morgan fingerprint density at radius 1 is 1.22 bits per heavy atom. The lowest BCUT2D eigenvalue weighted by molar-refractivity contribution is -0.0707. The van der Waals surface area contributed by atoms with E-state index in [2.05, 4.69) is 30.7 Å². The Bertz CT molecular complexity index is 1370. The molecule has 2 fully saturated rings. The van der Waals surface area contributed by atoms with Crippen molar-refractivity contribution in [3.63, 3.8) is 0 Å². The van der Waals surface area contributed by atoms with Crippen LogP contribution in [0.25, 0.3) is 27.9 Å². The van der Waals surface area contributed by atoms with Crippen molar-refractivity contribution < 1.29 is 22.3 Å². The predicted octanol–water partition coefficient (Wildman–Crippen LogP) is 2.15. The van der Waals surface area contributed by atoms with Crippen molar-refractivity contribution in [3.8, 4) is 11.3 Å². The summed E-state index contributed by atoms with van der Waals surface area (Å²) in [6, 6.07) is 5.51. The van der Waals surface area contributed by atoms with E-state index in [1.807, 2.05) is 4.90 Å². The first kappa shape index (κ1) is 24.1. The molecule has 0 radical (unpaired) electrons. The van der Waals surface area contributed by atoms with Crippen molar-refractivity contribution in [3.05, 3.63) is 24.4 Å². The summed E-state index contributed by atoms with van der Waals surface area (Å²) in [5, 5.41) is 14.7. The fourth-order valence-corrected chi connectivity index (χ4v) is 4.19. The Morgan fingerprint density at radius 3 is 2.67 bits per heavy atom. The summed E-state index contributed by atoms with van der Waals surface area (Å²) in [4.78, 5) is 10.4. The molecule has 3 N–H and O–H groups in total. The molecular formula is C21H24F4N10O. The van der Waals surface area contributed by atoms with Gasteiger partial charge in [0.2, 0.25) is 5.95 Å². The van der Waals surface area contributed by atoms with E-state index in [1.165, 1.54) is 0 Å². The highest BCUT2D eigenvalue weighted by molar-refractivity contribution is 5.89. The number of nitrogen functional groups attached to an aromatic ring is 1. The maximum absolute atomic E-state index is 12.7. The van der Waals surface area contributed by atoms with Crippen molar-refractivity contribution in [2.24, 2.45) is 0 Å². The quantitative estimate of drug-likeness (QED) is 0.390. The minimum Gasteiger partial charge on any atom is -0.378 e. The molecule has 0 atom stereocenters. The van der Waals surface area contributed by atoms with E-state index in [1.54, 1.807) is 36.0 Å². The second kappa shape index (κ2) is 9.46. The first-order chi connectivity index (χ1) is 17.2. The summed E-state index contributed by atoms with van der Waals surface area (Å²) in [5.74, 6) is -1.79. The van der Waals surface area contributed by atoms with Gasteiger partial charge in [-0.05, 0) is 18.2 Å². The number of halogens is 4. The van der Waals surface area contributed by atoms with Crippen molar-refractivity contribution in [1.82, 2.24) is 39.5 Å². The van der Waals surface area contributed by atoms with E-state index in [9.17, 15) is 17.6 Å². The van der Waals surface area contributed by atoms with Gasteiger partial charge in [0, 0.05) is 31.8 Å². The molecule has 0 unspecified atom stereocenters. The van der Waals surface area contributed by atoms with Crippen LogP contribution < -0.4 is 11.1 Å². The highest BCUT2D eigenvalue weighted by atomic mass is 19.3. The number of nitrogens with two attached hydrogens (primary N) is 1. The number of rotatable bonds is 5. The zero-order valence-electron chi connectivity index (χ0n) is 19.3. The molecule has 0 aliphatic carbocycles. The number of hydrogen-bond acceptors (Lipinski definition) is 9. The third-order valence-electron chi connectivity index (χ3n) is 6.05. The van der Waals surface area contributed by atoms with Crippen LogP contribution >= 0.6 is 0 Å². The van der Waals surface area contributed by atoms with Crippen LogP contribution in [-0.2, 0) is 11.3 Å². The molecule has 0 aromatic carbocycles. The van der Waals surface area contributed by atoms with E-state index in [0.717, 1.165) is 10.2 Å². The van der Waals surface area contributed by atoms with Gasteiger partial charge in [-0.25, -0.2) is 31.7 Å². The van der Waals surface area contributed by atoms with Gasteiger partial charge < -0.3 is 15.8 Å². The Kier molecular flexibility index (Phi) is 6.34. The van der Waals surface area contributed by atoms with Crippen molar-refractivity contribution in [2.75, 3.05) is 44.4 Å². The summed E-state index contributed by atoms with van der Waals surface area (Å²) in [6.07, 6.45) is -0.800. The molecule has 6 rings (SSSR count).